The summed E-state index contributed by atoms with van der Waals surface area (Å²) in [6, 6.07) is 0. The Kier molecular flexibility index (Phi) is 2.42. The quantitative estimate of drug-likeness (QED) is 0.757. The molecule has 0 unspecified atom stereocenters. The van der Waals surface area contributed by atoms with E-state index in [9.17, 15) is 4.79 Å². The molecule has 1 aromatic heterocycles. The standard InChI is InChI=1S/C12H17N3O/c16-12-9-6-3-7-13-11(9)14-10(15-12)8-4-1-2-5-8/h8H,1-7H2,(H2,13,14,15,16). The van der Waals surface area contributed by atoms with E-state index in [0.717, 1.165) is 36.6 Å². The van der Waals surface area contributed by atoms with Crippen LogP contribution in [0.25, 0.3) is 0 Å². The van der Waals surface area contributed by atoms with Crippen molar-refractivity contribution in [2.45, 2.75) is 44.4 Å². The van der Waals surface area contributed by atoms with Crippen molar-refractivity contribution < 1.29 is 0 Å². The van der Waals surface area contributed by atoms with E-state index in [1.54, 1.807) is 0 Å². The van der Waals surface area contributed by atoms with Gasteiger partial charge in [0.2, 0.25) is 0 Å². The Morgan fingerprint density at radius 2 is 2.00 bits per heavy atom. The van der Waals surface area contributed by atoms with Gasteiger partial charge in [0, 0.05) is 12.5 Å². The Hall–Kier alpha value is -1.32. The second-order valence-electron chi connectivity index (χ2n) is 4.79. The maximum absolute atomic E-state index is 11.9. The summed E-state index contributed by atoms with van der Waals surface area (Å²) in [5.74, 6) is 2.20. The van der Waals surface area contributed by atoms with Crippen molar-refractivity contribution in [1.29, 1.82) is 0 Å². The van der Waals surface area contributed by atoms with Crippen LogP contribution in [-0.2, 0) is 6.42 Å². The molecule has 1 saturated carbocycles. The van der Waals surface area contributed by atoms with Crippen molar-refractivity contribution in [3.63, 3.8) is 0 Å². The van der Waals surface area contributed by atoms with Gasteiger partial charge >= 0.3 is 0 Å². The summed E-state index contributed by atoms with van der Waals surface area (Å²) in [5, 5.41) is 3.24. The fourth-order valence-corrected chi connectivity index (χ4v) is 2.76. The van der Waals surface area contributed by atoms with Crippen molar-refractivity contribution in [3.05, 3.63) is 21.7 Å². The zero-order valence-corrected chi connectivity index (χ0v) is 9.38. The lowest BCUT2D eigenvalue weighted by molar-refractivity contribution is 0.655. The van der Waals surface area contributed by atoms with E-state index in [0.29, 0.717) is 5.92 Å². The van der Waals surface area contributed by atoms with Gasteiger partial charge in [-0.3, -0.25) is 4.79 Å². The van der Waals surface area contributed by atoms with Crippen molar-refractivity contribution in [3.8, 4) is 0 Å². The van der Waals surface area contributed by atoms with Crippen LogP contribution in [-0.4, -0.2) is 16.5 Å². The first-order chi connectivity index (χ1) is 7.84. The van der Waals surface area contributed by atoms with E-state index in [-0.39, 0.29) is 5.56 Å². The molecule has 0 radical (unpaired) electrons. The minimum Gasteiger partial charge on any atom is -0.370 e. The zero-order chi connectivity index (χ0) is 11.0. The Bertz CT molecular complexity index is 446. The van der Waals surface area contributed by atoms with Gasteiger partial charge in [0.05, 0.1) is 5.56 Å². The van der Waals surface area contributed by atoms with Crippen LogP contribution in [0.1, 0.15) is 49.4 Å². The third-order valence-electron chi connectivity index (χ3n) is 3.67. The van der Waals surface area contributed by atoms with Crippen molar-refractivity contribution in [2.75, 3.05) is 11.9 Å². The molecule has 0 amide bonds. The fourth-order valence-electron chi connectivity index (χ4n) is 2.76. The van der Waals surface area contributed by atoms with Crippen LogP contribution in [0.4, 0.5) is 5.82 Å². The highest BCUT2D eigenvalue weighted by Gasteiger charge is 2.22. The van der Waals surface area contributed by atoms with Gasteiger partial charge in [-0.05, 0) is 25.7 Å². The zero-order valence-electron chi connectivity index (χ0n) is 9.38. The number of hydrogen-bond acceptors (Lipinski definition) is 3. The first-order valence-electron chi connectivity index (χ1n) is 6.21. The van der Waals surface area contributed by atoms with Gasteiger partial charge in [-0.25, -0.2) is 4.98 Å². The molecule has 0 spiro atoms. The Labute approximate surface area is 94.5 Å². The number of aromatic amines is 1. The summed E-state index contributed by atoms with van der Waals surface area (Å²) in [6.45, 7) is 0.938. The molecule has 3 rings (SSSR count). The van der Waals surface area contributed by atoms with E-state index < -0.39 is 0 Å². The van der Waals surface area contributed by atoms with E-state index in [2.05, 4.69) is 15.3 Å². The Morgan fingerprint density at radius 1 is 1.19 bits per heavy atom. The van der Waals surface area contributed by atoms with Gasteiger partial charge in [-0.2, -0.15) is 0 Å². The molecule has 1 aliphatic heterocycles. The number of anilines is 1. The van der Waals surface area contributed by atoms with Crippen LogP contribution in [0.2, 0.25) is 0 Å². The van der Waals surface area contributed by atoms with E-state index >= 15 is 0 Å². The number of rotatable bonds is 1. The highest BCUT2D eigenvalue weighted by atomic mass is 16.1. The van der Waals surface area contributed by atoms with Crippen LogP contribution in [0.15, 0.2) is 4.79 Å². The van der Waals surface area contributed by atoms with Gasteiger partial charge < -0.3 is 10.3 Å². The SMILES string of the molecule is O=c1[nH]c(C2CCCC2)nc2c1CCCN2. The highest BCUT2D eigenvalue weighted by molar-refractivity contribution is 5.45. The summed E-state index contributed by atoms with van der Waals surface area (Å²) < 4.78 is 0. The molecule has 0 aromatic carbocycles. The molecule has 16 heavy (non-hydrogen) atoms. The maximum Gasteiger partial charge on any atom is 0.256 e. The lowest BCUT2D eigenvalue weighted by Gasteiger charge is -2.18. The molecule has 1 aromatic rings. The second-order valence-corrected chi connectivity index (χ2v) is 4.79. The molecular formula is C12H17N3O. The minimum absolute atomic E-state index is 0.0686. The third-order valence-corrected chi connectivity index (χ3v) is 3.67. The normalized spacial score (nSPS) is 20.5. The average Bonchev–Trinajstić information content (AvgIpc) is 2.82. The van der Waals surface area contributed by atoms with Crippen LogP contribution >= 0.6 is 0 Å². The van der Waals surface area contributed by atoms with Gasteiger partial charge in [-0.1, -0.05) is 12.8 Å². The van der Waals surface area contributed by atoms with Gasteiger partial charge in [0.15, 0.2) is 0 Å². The number of H-pyrrole nitrogens is 1. The summed E-state index contributed by atoms with van der Waals surface area (Å²) in [4.78, 5) is 19.5. The van der Waals surface area contributed by atoms with Crippen molar-refractivity contribution in [2.24, 2.45) is 0 Å². The molecule has 1 aliphatic carbocycles. The second kappa shape index (κ2) is 3.92. The number of aromatic nitrogens is 2. The van der Waals surface area contributed by atoms with E-state index in [1.807, 2.05) is 0 Å². The van der Waals surface area contributed by atoms with Gasteiger partial charge in [0.25, 0.3) is 5.56 Å². The summed E-state index contributed by atoms with van der Waals surface area (Å²) >= 11 is 0. The third kappa shape index (κ3) is 1.62. The lowest BCUT2D eigenvalue weighted by atomic mass is 10.1. The highest BCUT2D eigenvalue weighted by Crippen LogP contribution is 2.32. The molecule has 0 saturated heterocycles. The average molecular weight is 219 g/mol. The monoisotopic (exact) mass is 219 g/mol. The number of nitrogens with zero attached hydrogens (tertiary/aromatic N) is 1. The van der Waals surface area contributed by atoms with Gasteiger partial charge in [-0.15, -0.1) is 0 Å². The topological polar surface area (TPSA) is 57.8 Å². The predicted molar refractivity (Wildman–Crippen MR) is 62.9 cm³/mol. The lowest BCUT2D eigenvalue weighted by Crippen LogP contribution is -2.25. The molecule has 2 N–H and O–H groups in total. The molecule has 0 atom stereocenters. The minimum atomic E-state index is 0.0686. The van der Waals surface area contributed by atoms with E-state index in [4.69, 9.17) is 0 Å². The molecule has 86 valence electrons. The Balaban J connectivity index is 2.01. The first-order valence-corrected chi connectivity index (χ1v) is 6.21. The molecule has 4 heteroatoms. The van der Waals surface area contributed by atoms with Crippen LogP contribution in [0, 0.1) is 0 Å². The van der Waals surface area contributed by atoms with Crippen molar-refractivity contribution in [1.82, 2.24) is 9.97 Å². The predicted octanol–water partition coefficient (Wildman–Crippen LogP) is 1.79. The number of nitrogens with one attached hydrogen (secondary N) is 2. The molecular weight excluding hydrogens is 202 g/mol. The maximum atomic E-state index is 11.9. The van der Waals surface area contributed by atoms with E-state index in [1.165, 1.54) is 25.7 Å². The largest absolute Gasteiger partial charge is 0.370 e. The first kappa shape index (κ1) is 9.87. The molecule has 0 bridgehead atoms. The van der Waals surface area contributed by atoms with Crippen LogP contribution < -0.4 is 10.9 Å². The molecule has 4 nitrogen and oxygen atoms in total. The number of hydrogen-bond donors (Lipinski definition) is 2. The molecule has 2 heterocycles. The van der Waals surface area contributed by atoms with Crippen molar-refractivity contribution >= 4 is 5.82 Å². The Morgan fingerprint density at radius 3 is 2.81 bits per heavy atom. The van der Waals surface area contributed by atoms with Gasteiger partial charge in [0.1, 0.15) is 11.6 Å². The van der Waals surface area contributed by atoms with Crippen LogP contribution in [0.5, 0.6) is 0 Å². The summed E-state index contributed by atoms with van der Waals surface area (Å²) in [7, 11) is 0. The smallest absolute Gasteiger partial charge is 0.256 e. The molecule has 2 aliphatic rings. The summed E-state index contributed by atoms with van der Waals surface area (Å²) in [6.07, 6.45) is 6.75. The fraction of sp³-hybridized carbons (Fsp3) is 0.667. The number of fused-ring (bicyclic) bond motifs is 1. The van der Waals surface area contributed by atoms with Crippen LogP contribution in [0.3, 0.4) is 0 Å². The molecule has 1 fully saturated rings. The summed E-state index contributed by atoms with van der Waals surface area (Å²) in [5.41, 5.74) is 0.909.